The SMILES string of the molecule is Cc1cc2c(nc1Br)CCO2. The summed E-state index contributed by atoms with van der Waals surface area (Å²) in [5.41, 5.74) is 2.20. The number of aromatic nitrogens is 1. The van der Waals surface area contributed by atoms with Crippen LogP contribution in [0.2, 0.25) is 0 Å². The van der Waals surface area contributed by atoms with E-state index in [9.17, 15) is 0 Å². The smallest absolute Gasteiger partial charge is 0.141 e. The van der Waals surface area contributed by atoms with Crippen LogP contribution in [0.15, 0.2) is 10.7 Å². The van der Waals surface area contributed by atoms with Crippen molar-refractivity contribution in [1.29, 1.82) is 0 Å². The minimum absolute atomic E-state index is 0.776. The van der Waals surface area contributed by atoms with E-state index < -0.39 is 0 Å². The molecular weight excluding hydrogens is 206 g/mol. The average Bonchev–Trinajstić information content (AvgIpc) is 2.36. The molecule has 58 valence electrons. The van der Waals surface area contributed by atoms with Crippen LogP contribution in [0.25, 0.3) is 0 Å². The molecule has 0 fully saturated rings. The molecule has 1 aliphatic rings. The molecule has 0 unspecified atom stereocenters. The van der Waals surface area contributed by atoms with E-state index in [2.05, 4.69) is 20.9 Å². The van der Waals surface area contributed by atoms with Gasteiger partial charge < -0.3 is 4.74 Å². The van der Waals surface area contributed by atoms with Gasteiger partial charge in [0.2, 0.25) is 0 Å². The molecule has 1 aromatic heterocycles. The van der Waals surface area contributed by atoms with Crippen molar-refractivity contribution >= 4 is 15.9 Å². The van der Waals surface area contributed by atoms with Gasteiger partial charge in [0.05, 0.1) is 12.3 Å². The molecule has 0 aromatic carbocycles. The van der Waals surface area contributed by atoms with Crippen molar-refractivity contribution in [2.45, 2.75) is 13.3 Å². The average molecular weight is 214 g/mol. The van der Waals surface area contributed by atoms with Crippen LogP contribution in [0.3, 0.4) is 0 Å². The number of hydrogen-bond acceptors (Lipinski definition) is 2. The number of rotatable bonds is 0. The van der Waals surface area contributed by atoms with E-state index >= 15 is 0 Å². The van der Waals surface area contributed by atoms with E-state index in [0.29, 0.717) is 0 Å². The fraction of sp³-hybridized carbons (Fsp3) is 0.375. The summed E-state index contributed by atoms with van der Waals surface area (Å²) in [4.78, 5) is 4.34. The molecular formula is C8H8BrNO. The third-order valence-corrected chi connectivity index (χ3v) is 2.59. The lowest BCUT2D eigenvalue weighted by Gasteiger charge is -2.00. The van der Waals surface area contributed by atoms with Crippen molar-refractivity contribution in [3.63, 3.8) is 0 Å². The maximum atomic E-state index is 5.35. The highest BCUT2D eigenvalue weighted by atomic mass is 79.9. The third kappa shape index (κ3) is 1.13. The van der Waals surface area contributed by atoms with Gasteiger partial charge in [-0.25, -0.2) is 4.98 Å². The predicted octanol–water partition coefficient (Wildman–Crippen LogP) is 2.09. The minimum Gasteiger partial charge on any atom is -0.491 e. The molecule has 2 rings (SSSR count). The molecule has 1 aromatic rings. The number of halogens is 1. The number of pyridine rings is 1. The molecule has 0 atom stereocenters. The van der Waals surface area contributed by atoms with Gasteiger partial charge in [0.25, 0.3) is 0 Å². The summed E-state index contributed by atoms with van der Waals surface area (Å²) in [6.07, 6.45) is 0.939. The van der Waals surface area contributed by atoms with Gasteiger partial charge in [0.15, 0.2) is 0 Å². The van der Waals surface area contributed by atoms with E-state index in [1.807, 2.05) is 13.0 Å². The maximum Gasteiger partial charge on any atom is 0.141 e. The Morgan fingerprint density at radius 2 is 2.45 bits per heavy atom. The molecule has 0 saturated heterocycles. The van der Waals surface area contributed by atoms with Crippen molar-refractivity contribution in [1.82, 2.24) is 4.98 Å². The number of nitrogens with zero attached hydrogens (tertiary/aromatic N) is 1. The van der Waals surface area contributed by atoms with Crippen molar-refractivity contribution in [3.8, 4) is 5.75 Å². The van der Waals surface area contributed by atoms with Crippen molar-refractivity contribution in [3.05, 3.63) is 21.9 Å². The van der Waals surface area contributed by atoms with Gasteiger partial charge >= 0.3 is 0 Å². The summed E-state index contributed by atoms with van der Waals surface area (Å²) in [6, 6.07) is 2.03. The van der Waals surface area contributed by atoms with Gasteiger partial charge in [-0.1, -0.05) is 0 Å². The lowest BCUT2D eigenvalue weighted by atomic mass is 10.2. The Bertz CT molecular complexity index is 269. The van der Waals surface area contributed by atoms with Gasteiger partial charge in [-0.05, 0) is 34.5 Å². The second kappa shape index (κ2) is 2.48. The van der Waals surface area contributed by atoms with E-state index in [0.717, 1.165) is 34.6 Å². The summed E-state index contributed by atoms with van der Waals surface area (Å²) in [6.45, 7) is 2.79. The topological polar surface area (TPSA) is 22.1 Å². The first-order valence-corrected chi connectivity index (χ1v) is 4.35. The third-order valence-electron chi connectivity index (χ3n) is 1.79. The standard InChI is InChI=1S/C8H8BrNO/c1-5-4-7-6(2-3-11-7)10-8(5)9/h4H,2-3H2,1H3. The highest BCUT2D eigenvalue weighted by Gasteiger charge is 2.14. The summed E-state index contributed by atoms with van der Waals surface area (Å²) in [7, 11) is 0. The maximum absolute atomic E-state index is 5.35. The van der Waals surface area contributed by atoms with E-state index in [4.69, 9.17) is 4.74 Å². The number of hydrogen-bond donors (Lipinski definition) is 0. The molecule has 11 heavy (non-hydrogen) atoms. The van der Waals surface area contributed by atoms with E-state index in [1.54, 1.807) is 0 Å². The van der Waals surface area contributed by atoms with Crippen LogP contribution >= 0.6 is 15.9 Å². The second-order valence-electron chi connectivity index (χ2n) is 2.64. The highest BCUT2D eigenvalue weighted by Crippen LogP contribution is 2.27. The van der Waals surface area contributed by atoms with Crippen molar-refractivity contribution in [2.75, 3.05) is 6.61 Å². The summed E-state index contributed by atoms with van der Waals surface area (Å²) in [5, 5.41) is 0. The Morgan fingerprint density at radius 1 is 1.64 bits per heavy atom. The number of ether oxygens (including phenoxy) is 1. The zero-order valence-electron chi connectivity index (χ0n) is 6.22. The number of aryl methyl sites for hydroxylation is 1. The Morgan fingerprint density at radius 3 is 3.27 bits per heavy atom. The van der Waals surface area contributed by atoms with Crippen molar-refractivity contribution in [2.24, 2.45) is 0 Å². The first kappa shape index (κ1) is 7.10. The molecule has 2 nitrogen and oxygen atoms in total. The van der Waals surface area contributed by atoms with Crippen LogP contribution in [0.4, 0.5) is 0 Å². The predicted molar refractivity (Wildman–Crippen MR) is 45.9 cm³/mol. The molecule has 0 bridgehead atoms. The summed E-state index contributed by atoms with van der Waals surface area (Å²) >= 11 is 3.38. The Kier molecular flexibility index (Phi) is 1.60. The van der Waals surface area contributed by atoms with Crippen molar-refractivity contribution < 1.29 is 4.74 Å². The van der Waals surface area contributed by atoms with Gasteiger partial charge in [-0.15, -0.1) is 0 Å². The molecule has 0 N–H and O–H groups in total. The quantitative estimate of drug-likeness (QED) is 0.617. The van der Waals surface area contributed by atoms with Gasteiger partial charge in [-0.2, -0.15) is 0 Å². The molecule has 0 aliphatic carbocycles. The van der Waals surface area contributed by atoms with Gasteiger partial charge in [0, 0.05) is 6.42 Å². The van der Waals surface area contributed by atoms with E-state index in [-0.39, 0.29) is 0 Å². The van der Waals surface area contributed by atoms with Gasteiger partial charge in [0.1, 0.15) is 10.4 Å². The van der Waals surface area contributed by atoms with Crippen LogP contribution in [-0.2, 0) is 6.42 Å². The van der Waals surface area contributed by atoms with Crippen LogP contribution in [0.1, 0.15) is 11.3 Å². The Labute approximate surface area is 73.7 Å². The molecule has 0 radical (unpaired) electrons. The van der Waals surface area contributed by atoms with Crippen LogP contribution in [-0.4, -0.2) is 11.6 Å². The zero-order chi connectivity index (χ0) is 7.84. The van der Waals surface area contributed by atoms with Crippen LogP contribution in [0.5, 0.6) is 5.75 Å². The minimum atomic E-state index is 0.776. The van der Waals surface area contributed by atoms with Crippen LogP contribution < -0.4 is 4.74 Å². The first-order chi connectivity index (χ1) is 5.27. The summed E-state index contributed by atoms with van der Waals surface area (Å²) in [5.74, 6) is 0.950. The molecule has 1 aliphatic heterocycles. The Hall–Kier alpha value is -0.570. The van der Waals surface area contributed by atoms with E-state index in [1.165, 1.54) is 0 Å². The van der Waals surface area contributed by atoms with Gasteiger partial charge in [-0.3, -0.25) is 0 Å². The lowest BCUT2D eigenvalue weighted by molar-refractivity contribution is 0.356. The molecule has 2 heterocycles. The molecule has 0 amide bonds. The zero-order valence-corrected chi connectivity index (χ0v) is 7.81. The molecule has 3 heteroatoms. The molecule has 0 spiro atoms. The number of fused-ring (bicyclic) bond motifs is 1. The summed E-state index contributed by atoms with van der Waals surface area (Å²) < 4.78 is 6.28. The fourth-order valence-electron chi connectivity index (χ4n) is 1.16. The lowest BCUT2D eigenvalue weighted by Crippen LogP contribution is -1.87. The first-order valence-electron chi connectivity index (χ1n) is 3.56. The largest absolute Gasteiger partial charge is 0.491 e. The highest BCUT2D eigenvalue weighted by molar-refractivity contribution is 9.10. The second-order valence-corrected chi connectivity index (χ2v) is 3.39. The van der Waals surface area contributed by atoms with Crippen LogP contribution in [0, 0.1) is 6.92 Å². The normalized spacial score (nSPS) is 14.4. The Balaban J connectivity index is 2.57. The fourth-order valence-corrected chi connectivity index (χ4v) is 1.49. The monoisotopic (exact) mass is 213 g/mol. The molecule has 0 saturated carbocycles.